The van der Waals surface area contributed by atoms with Crippen molar-refractivity contribution in [3.05, 3.63) is 6.92 Å². The number of hydrogen-bond donors (Lipinski definition) is 0. The zero-order chi connectivity index (χ0) is 11.9. The molecule has 0 aliphatic heterocycles. The first kappa shape index (κ1) is 20.3. The van der Waals surface area contributed by atoms with Crippen LogP contribution in [0, 0.1) is 6.92 Å². The molecule has 1 radical (unpaired) electrons. The Morgan fingerprint density at radius 2 is 0.824 bits per heavy atom. The summed E-state index contributed by atoms with van der Waals surface area (Å²) in [4.78, 5) is 0. The van der Waals surface area contributed by atoms with Crippen LogP contribution in [0.2, 0.25) is 0 Å². The van der Waals surface area contributed by atoms with Crippen molar-refractivity contribution in [1.82, 2.24) is 0 Å². The molecule has 0 aromatic carbocycles. The minimum absolute atomic E-state index is 0. The second kappa shape index (κ2) is 19.3. The zero-order valence-electron chi connectivity index (χ0n) is 11.6. The standard InChI is InChI=1S/C16H33.Na.H/c1-3-5-7-9-11-13-15-16-14-12-10-8-6-4-2;;/h1,3-16H2,2H3;;. The van der Waals surface area contributed by atoms with Gasteiger partial charge in [0.2, 0.25) is 0 Å². The third kappa shape index (κ3) is 19.5. The van der Waals surface area contributed by atoms with Gasteiger partial charge in [0.15, 0.2) is 0 Å². The Morgan fingerprint density at radius 3 is 1.12 bits per heavy atom. The molecule has 0 rings (SSSR count). The van der Waals surface area contributed by atoms with Crippen LogP contribution in [0.5, 0.6) is 0 Å². The van der Waals surface area contributed by atoms with E-state index in [9.17, 15) is 0 Å². The van der Waals surface area contributed by atoms with Gasteiger partial charge < -0.3 is 0 Å². The first-order chi connectivity index (χ1) is 7.91. The summed E-state index contributed by atoms with van der Waals surface area (Å²) in [6.45, 7) is 6.16. The van der Waals surface area contributed by atoms with Crippen LogP contribution in [-0.4, -0.2) is 29.6 Å². The molecule has 0 bridgehead atoms. The molecule has 0 saturated heterocycles. The molecule has 0 nitrogen and oxygen atoms in total. The van der Waals surface area contributed by atoms with E-state index in [0.29, 0.717) is 0 Å². The van der Waals surface area contributed by atoms with E-state index >= 15 is 0 Å². The third-order valence-corrected chi connectivity index (χ3v) is 3.35. The molecule has 0 fully saturated rings. The second-order valence-corrected chi connectivity index (χ2v) is 5.10. The van der Waals surface area contributed by atoms with Gasteiger partial charge in [-0.05, 0) is 0 Å². The maximum atomic E-state index is 3.87. The van der Waals surface area contributed by atoms with Crippen molar-refractivity contribution in [2.45, 2.75) is 96.8 Å². The van der Waals surface area contributed by atoms with Gasteiger partial charge in [0, 0.05) is 0 Å². The van der Waals surface area contributed by atoms with Gasteiger partial charge in [-0.2, -0.15) is 0 Å². The molecule has 17 heavy (non-hydrogen) atoms. The van der Waals surface area contributed by atoms with E-state index < -0.39 is 0 Å². The fourth-order valence-electron chi connectivity index (χ4n) is 2.19. The molecule has 0 N–H and O–H groups in total. The van der Waals surface area contributed by atoms with Gasteiger partial charge in [0.25, 0.3) is 0 Å². The van der Waals surface area contributed by atoms with Crippen LogP contribution >= 0.6 is 0 Å². The van der Waals surface area contributed by atoms with Gasteiger partial charge >= 0.3 is 29.6 Å². The summed E-state index contributed by atoms with van der Waals surface area (Å²) in [5.41, 5.74) is 0. The second-order valence-electron chi connectivity index (χ2n) is 5.10. The van der Waals surface area contributed by atoms with Crippen LogP contribution < -0.4 is 0 Å². The molecule has 0 unspecified atom stereocenters. The molecule has 0 atom stereocenters. The fraction of sp³-hybridized carbons (Fsp3) is 0.938. The minimum atomic E-state index is 0. The average Bonchev–Trinajstić information content (AvgIpc) is 2.31. The Bertz CT molecular complexity index is 98.1. The van der Waals surface area contributed by atoms with Crippen LogP contribution in [-0.2, 0) is 0 Å². The molecule has 0 amide bonds. The summed E-state index contributed by atoms with van der Waals surface area (Å²) in [5, 5.41) is 0. The summed E-state index contributed by atoms with van der Waals surface area (Å²) in [6, 6.07) is 0. The van der Waals surface area contributed by atoms with Gasteiger partial charge in [-0.3, -0.25) is 0 Å². The molecule has 0 aliphatic rings. The van der Waals surface area contributed by atoms with Gasteiger partial charge in [-0.1, -0.05) is 104 Å². The fourth-order valence-corrected chi connectivity index (χ4v) is 2.19. The van der Waals surface area contributed by atoms with E-state index in [2.05, 4.69) is 13.8 Å². The Balaban J connectivity index is 0. The van der Waals surface area contributed by atoms with Crippen molar-refractivity contribution in [1.29, 1.82) is 0 Å². The predicted molar refractivity (Wildman–Crippen MR) is 82.8 cm³/mol. The van der Waals surface area contributed by atoms with Crippen molar-refractivity contribution >= 4 is 29.6 Å². The Hall–Kier alpha value is 1.00. The van der Waals surface area contributed by atoms with Crippen LogP contribution in [0.25, 0.3) is 0 Å². The molecule has 0 aromatic rings. The van der Waals surface area contributed by atoms with E-state index in [4.69, 9.17) is 0 Å². The normalized spacial score (nSPS) is 10.2. The Labute approximate surface area is 133 Å². The van der Waals surface area contributed by atoms with Gasteiger partial charge in [0.1, 0.15) is 0 Å². The first-order valence-corrected chi connectivity index (χ1v) is 7.71. The number of unbranched alkanes of at least 4 members (excludes halogenated alkanes) is 13. The number of hydrogen-bond acceptors (Lipinski definition) is 0. The third-order valence-electron chi connectivity index (χ3n) is 3.35. The van der Waals surface area contributed by atoms with E-state index in [1.807, 2.05) is 0 Å². The predicted octanol–water partition coefficient (Wildman–Crippen LogP) is 5.65. The molecular weight excluding hydrogens is 215 g/mol. The van der Waals surface area contributed by atoms with Crippen molar-refractivity contribution in [3.8, 4) is 0 Å². The van der Waals surface area contributed by atoms with Crippen LogP contribution in [0.3, 0.4) is 0 Å². The molecule has 0 aromatic heterocycles. The SMILES string of the molecule is [CH2]CCCCCCCCCCCCCCC.[NaH]. The van der Waals surface area contributed by atoms with E-state index in [1.165, 1.54) is 83.5 Å². The quantitative estimate of drug-likeness (QED) is 0.292. The van der Waals surface area contributed by atoms with Crippen molar-refractivity contribution in [2.75, 3.05) is 0 Å². The Morgan fingerprint density at radius 1 is 0.529 bits per heavy atom. The molecule has 0 saturated carbocycles. The van der Waals surface area contributed by atoms with E-state index in [1.54, 1.807) is 0 Å². The van der Waals surface area contributed by atoms with Gasteiger partial charge in [-0.15, -0.1) is 0 Å². The average molecular weight is 249 g/mol. The van der Waals surface area contributed by atoms with Gasteiger partial charge in [-0.25, -0.2) is 0 Å². The molecule has 0 spiro atoms. The number of rotatable bonds is 13. The summed E-state index contributed by atoms with van der Waals surface area (Å²) < 4.78 is 0. The molecular formula is C16H34Na. The van der Waals surface area contributed by atoms with E-state index in [0.717, 1.165) is 6.42 Å². The summed E-state index contributed by atoms with van der Waals surface area (Å²) in [7, 11) is 0. The van der Waals surface area contributed by atoms with Crippen molar-refractivity contribution in [3.63, 3.8) is 0 Å². The van der Waals surface area contributed by atoms with Crippen LogP contribution in [0.15, 0.2) is 0 Å². The van der Waals surface area contributed by atoms with Crippen molar-refractivity contribution < 1.29 is 0 Å². The molecule has 0 heterocycles. The van der Waals surface area contributed by atoms with Crippen molar-refractivity contribution in [2.24, 2.45) is 0 Å². The van der Waals surface area contributed by atoms with E-state index in [-0.39, 0.29) is 29.6 Å². The summed E-state index contributed by atoms with van der Waals surface area (Å²) >= 11 is 0. The molecule has 1 heteroatoms. The molecule has 99 valence electrons. The molecule has 0 aliphatic carbocycles. The monoisotopic (exact) mass is 249 g/mol. The zero-order valence-corrected chi connectivity index (χ0v) is 11.6. The summed E-state index contributed by atoms with van der Waals surface area (Å²) in [5.74, 6) is 0. The van der Waals surface area contributed by atoms with Crippen LogP contribution in [0.4, 0.5) is 0 Å². The Kier molecular flexibility index (Phi) is 23.1. The van der Waals surface area contributed by atoms with Gasteiger partial charge in [0.05, 0.1) is 0 Å². The first-order valence-electron chi connectivity index (χ1n) is 7.71. The topological polar surface area (TPSA) is 0 Å². The summed E-state index contributed by atoms with van der Waals surface area (Å²) in [6.07, 6.45) is 19.8. The maximum absolute atomic E-state index is 3.87. The van der Waals surface area contributed by atoms with Crippen LogP contribution in [0.1, 0.15) is 96.8 Å².